The maximum absolute atomic E-state index is 11.4. The summed E-state index contributed by atoms with van der Waals surface area (Å²) in [5.74, 6) is -0.374. The first-order valence-electron chi connectivity index (χ1n) is 6.88. The highest BCUT2D eigenvalue weighted by Crippen LogP contribution is 2.26. The summed E-state index contributed by atoms with van der Waals surface area (Å²) in [6, 6.07) is 14.6. The maximum atomic E-state index is 11.4. The minimum atomic E-state index is -0.374. The predicted molar refractivity (Wildman–Crippen MR) is 81.0 cm³/mol. The highest BCUT2D eigenvalue weighted by Gasteiger charge is 2.21. The van der Waals surface area contributed by atoms with E-state index in [1.165, 1.54) is 11.1 Å². The molecule has 0 spiro atoms. The van der Waals surface area contributed by atoms with Gasteiger partial charge in [-0.1, -0.05) is 30.3 Å². The highest BCUT2D eigenvalue weighted by atomic mass is 16.1. The molecule has 3 nitrogen and oxygen atoms in total. The number of rotatable bonds is 3. The van der Waals surface area contributed by atoms with Crippen molar-refractivity contribution in [3.05, 3.63) is 64.7 Å². The van der Waals surface area contributed by atoms with Crippen LogP contribution in [-0.4, -0.2) is 11.9 Å². The second-order valence-corrected chi connectivity index (χ2v) is 5.36. The lowest BCUT2D eigenvalue weighted by molar-refractivity contribution is 0.1000. The Morgan fingerprint density at radius 1 is 1.10 bits per heavy atom. The van der Waals surface area contributed by atoms with Crippen molar-refractivity contribution >= 4 is 11.6 Å². The van der Waals surface area contributed by atoms with Gasteiger partial charge in [-0.25, -0.2) is 0 Å². The number of anilines is 1. The van der Waals surface area contributed by atoms with Crippen molar-refractivity contribution in [1.82, 2.24) is 0 Å². The third-order valence-corrected chi connectivity index (χ3v) is 4.01. The average molecular weight is 266 g/mol. The molecule has 0 radical (unpaired) electrons. The second-order valence-electron chi connectivity index (χ2n) is 5.36. The van der Waals surface area contributed by atoms with Crippen LogP contribution in [0.2, 0.25) is 0 Å². The Bertz CT molecular complexity index is 639. The molecule has 2 aromatic carbocycles. The zero-order chi connectivity index (χ0) is 14.1. The van der Waals surface area contributed by atoms with Crippen LogP contribution in [0.15, 0.2) is 42.5 Å². The Morgan fingerprint density at radius 2 is 1.75 bits per heavy atom. The molecule has 0 unspecified atom stereocenters. The number of hydrogen-bond acceptors (Lipinski definition) is 2. The molecule has 0 aromatic heterocycles. The fourth-order valence-electron chi connectivity index (χ4n) is 2.94. The molecule has 0 atom stereocenters. The van der Waals surface area contributed by atoms with Crippen LogP contribution in [0.25, 0.3) is 0 Å². The minimum Gasteiger partial charge on any atom is -0.381 e. The molecule has 2 aromatic rings. The Labute approximate surface area is 118 Å². The fraction of sp³-hybridized carbons (Fsp3) is 0.235. The van der Waals surface area contributed by atoms with Gasteiger partial charge in [-0.05, 0) is 48.6 Å². The van der Waals surface area contributed by atoms with E-state index in [2.05, 4.69) is 29.6 Å². The summed E-state index contributed by atoms with van der Waals surface area (Å²) in [7, 11) is 0. The standard InChI is InChI=1S/C17H18N2O/c1-11-15(17(18)20)7-4-8-16(11)19-14-9-12-5-2-3-6-13(12)10-14/h2-8,14,19H,9-10H2,1H3,(H2,18,20). The monoisotopic (exact) mass is 266 g/mol. The number of primary amides is 1. The van der Waals surface area contributed by atoms with Gasteiger partial charge in [0.15, 0.2) is 0 Å². The summed E-state index contributed by atoms with van der Waals surface area (Å²) >= 11 is 0. The summed E-state index contributed by atoms with van der Waals surface area (Å²) in [6.45, 7) is 1.94. The third kappa shape index (κ3) is 2.27. The zero-order valence-electron chi connectivity index (χ0n) is 11.5. The molecule has 0 saturated heterocycles. The molecule has 0 saturated carbocycles. The van der Waals surface area contributed by atoms with Crippen LogP contribution >= 0.6 is 0 Å². The van der Waals surface area contributed by atoms with Crippen molar-refractivity contribution in [2.75, 3.05) is 5.32 Å². The molecular formula is C17H18N2O. The largest absolute Gasteiger partial charge is 0.381 e. The van der Waals surface area contributed by atoms with Crippen LogP contribution in [0.1, 0.15) is 27.0 Å². The first-order chi connectivity index (χ1) is 9.65. The van der Waals surface area contributed by atoms with E-state index in [4.69, 9.17) is 5.73 Å². The first kappa shape index (κ1) is 12.7. The van der Waals surface area contributed by atoms with Crippen molar-refractivity contribution in [2.45, 2.75) is 25.8 Å². The van der Waals surface area contributed by atoms with Crippen LogP contribution in [0.4, 0.5) is 5.69 Å². The van der Waals surface area contributed by atoms with Gasteiger partial charge >= 0.3 is 0 Å². The van der Waals surface area contributed by atoms with Gasteiger partial charge in [-0.2, -0.15) is 0 Å². The maximum Gasteiger partial charge on any atom is 0.249 e. The molecule has 1 amide bonds. The van der Waals surface area contributed by atoms with Gasteiger partial charge in [-0.3, -0.25) is 4.79 Å². The lowest BCUT2D eigenvalue weighted by Gasteiger charge is -2.17. The van der Waals surface area contributed by atoms with E-state index in [1.807, 2.05) is 19.1 Å². The van der Waals surface area contributed by atoms with E-state index in [-0.39, 0.29) is 5.91 Å². The van der Waals surface area contributed by atoms with E-state index in [0.717, 1.165) is 24.1 Å². The molecule has 1 aliphatic carbocycles. The number of amides is 1. The minimum absolute atomic E-state index is 0.374. The highest BCUT2D eigenvalue weighted by molar-refractivity contribution is 5.95. The summed E-state index contributed by atoms with van der Waals surface area (Å²) in [4.78, 5) is 11.4. The number of hydrogen-bond donors (Lipinski definition) is 2. The number of nitrogens with one attached hydrogen (secondary N) is 1. The van der Waals surface area contributed by atoms with Crippen molar-refractivity contribution in [3.63, 3.8) is 0 Å². The van der Waals surface area contributed by atoms with Crippen molar-refractivity contribution in [1.29, 1.82) is 0 Å². The van der Waals surface area contributed by atoms with E-state index in [0.29, 0.717) is 11.6 Å². The lowest BCUT2D eigenvalue weighted by Crippen LogP contribution is -2.21. The Balaban J connectivity index is 1.81. The lowest BCUT2D eigenvalue weighted by atomic mass is 10.1. The first-order valence-corrected chi connectivity index (χ1v) is 6.88. The summed E-state index contributed by atoms with van der Waals surface area (Å²) < 4.78 is 0. The molecule has 3 N–H and O–H groups in total. The summed E-state index contributed by atoms with van der Waals surface area (Å²) in [5, 5.41) is 3.54. The van der Waals surface area contributed by atoms with Crippen LogP contribution < -0.4 is 11.1 Å². The number of benzene rings is 2. The Morgan fingerprint density at radius 3 is 2.35 bits per heavy atom. The fourth-order valence-corrected chi connectivity index (χ4v) is 2.94. The summed E-state index contributed by atoms with van der Waals surface area (Å²) in [5.41, 5.74) is 10.7. The third-order valence-electron chi connectivity index (χ3n) is 4.01. The number of nitrogens with two attached hydrogens (primary N) is 1. The van der Waals surface area contributed by atoms with Gasteiger partial charge in [0.1, 0.15) is 0 Å². The predicted octanol–water partition coefficient (Wildman–Crippen LogP) is 2.67. The Hall–Kier alpha value is -2.29. The van der Waals surface area contributed by atoms with E-state index < -0.39 is 0 Å². The SMILES string of the molecule is Cc1c(NC2Cc3ccccc3C2)cccc1C(N)=O. The van der Waals surface area contributed by atoms with Crippen molar-refractivity contribution in [3.8, 4) is 0 Å². The topological polar surface area (TPSA) is 55.1 Å². The molecule has 1 aliphatic rings. The van der Waals surface area contributed by atoms with Crippen molar-refractivity contribution < 1.29 is 4.79 Å². The van der Waals surface area contributed by atoms with E-state index in [1.54, 1.807) is 6.07 Å². The molecule has 102 valence electrons. The van der Waals surface area contributed by atoms with Crippen LogP contribution in [0.5, 0.6) is 0 Å². The number of fused-ring (bicyclic) bond motifs is 1. The van der Waals surface area contributed by atoms with Crippen LogP contribution in [0, 0.1) is 6.92 Å². The average Bonchev–Trinajstić information content (AvgIpc) is 2.83. The quantitative estimate of drug-likeness (QED) is 0.897. The van der Waals surface area contributed by atoms with Gasteiger partial charge < -0.3 is 11.1 Å². The van der Waals surface area contributed by atoms with Crippen LogP contribution in [-0.2, 0) is 12.8 Å². The molecule has 0 heterocycles. The van der Waals surface area contributed by atoms with Gasteiger partial charge in [-0.15, -0.1) is 0 Å². The van der Waals surface area contributed by atoms with Gasteiger partial charge in [0, 0.05) is 17.3 Å². The number of carbonyl (C=O) groups excluding carboxylic acids is 1. The second kappa shape index (κ2) is 5.00. The van der Waals surface area contributed by atoms with Crippen molar-refractivity contribution in [2.24, 2.45) is 5.73 Å². The molecule has 0 aliphatic heterocycles. The molecule has 3 rings (SSSR count). The van der Waals surface area contributed by atoms with E-state index >= 15 is 0 Å². The molecule has 0 fully saturated rings. The normalized spacial score (nSPS) is 14.1. The molecule has 3 heteroatoms. The summed E-state index contributed by atoms with van der Waals surface area (Å²) in [6.07, 6.45) is 2.05. The zero-order valence-corrected chi connectivity index (χ0v) is 11.5. The smallest absolute Gasteiger partial charge is 0.249 e. The van der Waals surface area contributed by atoms with Crippen LogP contribution in [0.3, 0.4) is 0 Å². The molecular weight excluding hydrogens is 248 g/mol. The van der Waals surface area contributed by atoms with Gasteiger partial charge in [0.05, 0.1) is 0 Å². The number of carbonyl (C=O) groups is 1. The molecule has 20 heavy (non-hydrogen) atoms. The van der Waals surface area contributed by atoms with Gasteiger partial charge in [0.25, 0.3) is 0 Å². The molecule has 0 bridgehead atoms. The Kier molecular flexibility index (Phi) is 3.18. The van der Waals surface area contributed by atoms with E-state index in [9.17, 15) is 4.79 Å². The van der Waals surface area contributed by atoms with Gasteiger partial charge in [0.2, 0.25) is 5.91 Å².